The van der Waals surface area contributed by atoms with E-state index >= 15 is 0 Å². The monoisotopic (exact) mass is 516 g/mol. The number of pyridine rings is 1. The lowest BCUT2D eigenvalue weighted by Gasteiger charge is -2.38. The molecule has 2 fully saturated rings. The molecule has 194 valence electrons. The van der Waals surface area contributed by atoms with Crippen LogP contribution in [0.1, 0.15) is 65.2 Å². The average Bonchev–Trinajstić information content (AvgIpc) is 3.62. The maximum Gasteiger partial charge on any atom is 0.410 e. The third-order valence-corrected chi connectivity index (χ3v) is 7.34. The van der Waals surface area contributed by atoms with E-state index in [4.69, 9.17) is 15.8 Å². The number of hydrogen-bond acceptors (Lipinski definition) is 9. The molecule has 0 aliphatic carbocycles. The molecule has 6 rings (SSSR count). The van der Waals surface area contributed by atoms with Gasteiger partial charge in [-0.15, -0.1) is 0 Å². The molecule has 14 heteroatoms. The molecule has 0 radical (unpaired) electrons. The van der Waals surface area contributed by atoms with Crippen molar-refractivity contribution in [1.29, 1.82) is 0 Å². The molecule has 5 N–H and O–H groups in total. The smallest absolute Gasteiger partial charge is 0.410 e. The predicted octanol–water partition coefficient (Wildman–Crippen LogP) is 2.33. The van der Waals surface area contributed by atoms with Gasteiger partial charge < -0.3 is 15.7 Å². The van der Waals surface area contributed by atoms with E-state index in [1.54, 1.807) is 18.3 Å². The van der Waals surface area contributed by atoms with Crippen LogP contribution in [0, 0.1) is 0 Å². The van der Waals surface area contributed by atoms with Crippen molar-refractivity contribution in [2.75, 3.05) is 11.1 Å². The Balaban J connectivity index is 1.38. The van der Waals surface area contributed by atoms with Gasteiger partial charge in [-0.3, -0.25) is 20.0 Å². The van der Waals surface area contributed by atoms with E-state index in [0.29, 0.717) is 40.9 Å². The predicted molar refractivity (Wildman–Crippen MR) is 134 cm³/mol. The van der Waals surface area contributed by atoms with Gasteiger partial charge in [-0.1, -0.05) is 0 Å². The third-order valence-electron chi connectivity index (χ3n) is 7.34. The van der Waals surface area contributed by atoms with Gasteiger partial charge in [-0.05, 0) is 44.7 Å². The molecule has 0 aromatic carbocycles. The lowest BCUT2D eigenvalue weighted by molar-refractivity contribution is 0.0556. The zero-order valence-corrected chi connectivity index (χ0v) is 20.3. The van der Waals surface area contributed by atoms with E-state index in [9.17, 15) is 14.4 Å². The molecular formula is C24H24N10O4. The minimum atomic E-state index is -1.21. The van der Waals surface area contributed by atoms with Crippen molar-refractivity contribution in [3.8, 4) is 11.1 Å². The summed E-state index contributed by atoms with van der Waals surface area (Å²) in [5.41, 5.74) is 9.20. The Morgan fingerprint density at radius 2 is 1.89 bits per heavy atom. The fraction of sp³-hybridized carbons (Fsp3) is 0.333. The number of Topliss-reactive ketones (excluding diaryl/α,β-unsaturated/α-hetero) is 1. The average molecular weight is 517 g/mol. The first-order valence-electron chi connectivity index (χ1n) is 12.1. The first-order chi connectivity index (χ1) is 18.3. The third kappa shape index (κ3) is 3.81. The van der Waals surface area contributed by atoms with Crippen molar-refractivity contribution in [2.45, 2.75) is 50.6 Å². The van der Waals surface area contributed by atoms with Crippen LogP contribution in [0.3, 0.4) is 0 Å². The van der Waals surface area contributed by atoms with Gasteiger partial charge in [-0.2, -0.15) is 14.7 Å². The number of carboxylic acid groups (broad SMARTS) is 1. The molecule has 4 aromatic rings. The van der Waals surface area contributed by atoms with Crippen molar-refractivity contribution in [1.82, 2.24) is 39.7 Å². The molecule has 0 saturated carbocycles. The maximum atomic E-state index is 13.1. The zero-order chi connectivity index (χ0) is 26.6. The van der Waals surface area contributed by atoms with Gasteiger partial charge in [0, 0.05) is 35.3 Å². The van der Waals surface area contributed by atoms with Gasteiger partial charge in [0.25, 0.3) is 5.91 Å². The number of nitrogens with two attached hydrogens (primary N) is 1. The number of rotatable bonds is 5. The highest BCUT2D eigenvalue weighted by Crippen LogP contribution is 2.45. The van der Waals surface area contributed by atoms with Crippen molar-refractivity contribution in [2.24, 2.45) is 0 Å². The molecule has 6 heterocycles. The number of aromatic amines is 1. The molecule has 2 amide bonds. The second-order valence-corrected chi connectivity index (χ2v) is 9.57. The number of nitrogens with one attached hydrogen (secondary N) is 2. The van der Waals surface area contributed by atoms with Gasteiger partial charge in [0.2, 0.25) is 5.82 Å². The largest absolute Gasteiger partial charge is 0.465 e. The molecule has 4 aromatic heterocycles. The van der Waals surface area contributed by atoms with E-state index in [-0.39, 0.29) is 47.2 Å². The van der Waals surface area contributed by atoms with Crippen molar-refractivity contribution < 1.29 is 19.5 Å². The van der Waals surface area contributed by atoms with E-state index in [2.05, 4.69) is 30.6 Å². The normalized spacial score (nSPS) is 20.6. The van der Waals surface area contributed by atoms with Crippen LogP contribution in [0.4, 0.5) is 16.4 Å². The van der Waals surface area contributed by atoms with E-state index in [1.807, 2.05) is 4.90 Å². The first kappa shape index (κ1) is 23.5. The van der Waals surface area contributed by atoms with Gasteiger partial charge in [0.15, 0.2) is 11.4 Å². The van der Waals surface area contributed by atoms with Gasteiger partial charge in [0.1, 0.15) is 18.0 Å². The lowest BCUT2D eigenvalue weighted by atomic mass is 9.85. The molecule has 2 aliphatic heterocycles. The number of aromatic nitrogens is 7. The molecule has 0 spiro atoms. The van der Waals surface area contributed by atoms with Crippen LogP contribution in [-0.2, 0) is 0 Å². The standard InChI is InChI=1S/C24H24N10O4/c1-11(35)18-19(13-6-14-3-4-15(7-13)33(14)23(36)21-27-10-28-32-21)31-22-16(9-29-34(22)20(18)25)12-2-5-17(26-8-12)30-24(37)38/h2,5,8-10,13-15H,3-4,6-7,25H2,1H3,(H,26,30)(H,37,38)(H,27,28,32)/t13?,14-,15+. The highest BCUT2D eigenvalue weighted by atomic mass is 16.4. The maximum absolute atomic E-state index is 13.1. The van der Waals surface area contributed by atoms with Crippen LogP contribution in [-0.4, -0.2) is 74.6 Å². The summed E-state index contributed by atoms with van der Waals surface area (Å²) in [7, 11) is 0. The van der Waals surface area contributed by atoms with E-state index < -0.39 is 6.09 Å². The minimum absolute atomic E-state index is 0.0155. The second kappa shape index (κ2) is 8.90. The molecule has 38 heavy (non-hydrogen) atoms. The van der Waals surface area contributed by atoms with Crippen LogP contribution in [0.5, 0.6) is 0 Å². The van der Waals surface area contributed by atoms with Gasteiger partial charge in [-0.25, -0.2) is 19.7 Å². The molecule has 2 bridgehead atoms. The summed E-state index contributed by atoms with van der Waals surface area (Å²) in [5.74, 6) is 0.146. The number of hydrogen-bond donors (Lipinski definition) is 4. The Bertz CT molecular complexity index is 1550. The number of anilines is 2. The van der Waals surface area contributed by atoms with E-state index in [1.165, 1.54) is 24.0 Å². The Morgan fingerprint density at radius 3 is 2.50 bits per heavy atom. The van der Waals surface area contributed by atoms with Crippen molar-refractivity contribution >= 4 is 35.1 Å². The second-order valence-electron chi connectivity index (χ2n) is 9.57. The molecular weight excluding hydrogens is 492 g/mol. The van der Waals surface area contributed by atoms with Crippen LogP contribution in [0.15, 0.2) is 30.9 Å². The number of H-pyrrole nitrogens is 1. The number of nitrogens with zero attached hydrogens (tertiary/aromatic N) is 7. The van der Waals surface area contributed by atoms with Crippen molar-refractivity contribution in [3.63, 3.8) is 0 Å². The summed E-state index contributed by atoms with van der Waals surface area (Å²) in [6, 6.07) is 3.22. The number of fused-ring (bicyclic) bond motifs is 3. The van der Waals surface area contributed by atoms with E-state index in [0.717, 1.165) is 12.8 Å². The van der Waals surface area contributed by atoms with Crippen LogP contribution >= 0.6 is 0 Å². The first-order valence-corrected chi connectivity index (χ1v) is 12.1. The molecule has 14 nitrogen and oxygen atoms in total. The Hall–Kier alpha value is -4.88. The topological polar surface area (TPSA) is 197 Å². The highest BCUT2D eigenvalue weighted by molar-refractivity contribution is 6.00. The number of carbonyl (C=O) groups excluding carboxylic acids is 2. The van der Waals surface area contributed by atoms with Crippen LogP contribution < -0.4 is 11.1 Å². The lowest BCUT2D eigenvalue weighted by Crippen LogP contribution is -2.46. The summed E-state index contributed by atoms with van der Waals surface area (Å²) < 4.78 is 1.44. The Kier molecular flexibility index (Phi) is 5.51. The molecule has 2 saturated heterocycles. The summed E-state index contributed by atoms with van der Waals surface area (Å²) >= 11 is 0. The highest BCUT2D eigenvalue weighted by Gasteiger charge is 2.45. The number of amides is 2. The number of ketones is 1. The quantitative estimate of drug-likeness (QED) is 0.286. The van der Waals surface area contributed by atoms with Gasteiger partial charge in [0.05, 0.1) is 17.5 Å². The molecule has 2 aliphatic rings. The summed E-state index contributed by atoms with van der Waals surface area (Å²) in [5, 5.41) is 21.9. The van der Waals surface area contributed by atoms with Crippen molar-refractivity contribution in [3.05, 3.63) is 47.9 Å². The summed E-state index contributed by atoms with van der Waals surface area (Å²) in [4.78, 5) is 51.7. The number of piperidine rings is 1. The number of nitrogen functional groups attached to an aromatic ring is 1. The van der Waals surface area contributed by atoms with Crippen LogP contribution in [0.25, 0.3) is 16.8 Å². The fourth-order valence-electron chi connectivity index (χ4n) is 5.79. The van der Waals surface area contributed by atoms with Gasteiger partial charge >= 0.3 is 6.09 Å². The summed E-state index contributed by atoms with van der Waals surface area (Å²) in [6.45, 7) is 1.46. The van der Waals surface area contributed by atoms with Crippen LogP contribution in [0.2, 0.25) is 0 Å². The minimum Gasteiger partial charge on any atom is -0.465 e. The Morgan fingerprint density at radius 1 is 1.13 bits per heavy atom. The Labute approximate surface area is 215 Å². The number of carbonyl (C=O) groups is 3. The fourth-order valence-corrected chi connectivity index (χ4v) is 5.79. The molecule has 3 atom stereocenters. The SMILES string of the molecule is CC(=O)c1c(C2C[C@H]3CC[C@@H](C2)N3C(=O)c2ncn[nH]2)nc2c(-c3ccc(NC(=O)O)nc3)cnn2c1N. The molecule has 1 unspecified atom stereocenters. The summed E-state index contributed by atoms with van der Waals surface area (Å²) in [6.07, 6.45) is 6.21. The zero-order valence-electron chi connectivity index (χ0n) is 20.3.